The van der Waals surface area contributed by atoms with Gasteiger partial charge in [0.15, 0.2) is 0 Å². The number of hydrogen-bond acceptors (Lipinski definition) is 4. The first-order valence-corrected chi connectivity index (χ1v) is 11.1. The lowest BCUT2D eigenvalue weighted by molar-refractivity contribution is 0.103. The number of hydrogen-bond donors (Lipinski definition) is 1. The second-order valence-electron chi connectivity index (χ2n) is 7.29. The third-order valence-electron chi connectivity index (χ3n) is 4.75. The minimum atomic E-state index is -3.29. The quantitative estimate of drug-likeness (QED) is 0.606. The highest BCUT2D eigenvalue weighted by atomic mass is 32.2. The van der Waals surface area contributed by atoms with Gasteiger partial charge in [0.05, 0.1) is 11.9 Å². The second-order valence-corrected chi connectivity index (χ2v) is 9.04. The molecule has 0 spiro atoms. The molecule has 0 saturated carbocycles. The SMILES string of the molecule is CN(C)c1ccc(C(=O)c2ccc(Cc3ccc(NS(C)(=O)=O)cc3)n2C)cc1. The summed E-state index contributed by atoms with van der Waals surface area (Å²) in [6.45, 7) is 0. The molecule has 0 saturated heterocycles. The van der Waals surface area contributed by atoms with E-state index in [1.54, 1.807) is 12.1 Å². The van der Waals surface area contributed by atoms with Crippen molar-refractivity contribution in [3.05, 3.63) is 83.2 Å². The Labute approximate surface area is 171 Å². The fraction of sp³-hybridized carbons (Fsp3) is 0.227. The molecular formula is C22H25N3O3S. The summed E-state index contributed by atoms with van der Waals surface area (Å²) in [7, 11) is 2.52. The van der Waals surface area contributed by atoms with E-state index in [9.17, 15) is 13.2 Å². The van der Waals surface area contributed by atoms with Gasteiger partial charge in [-0.15, -0.1) is 0 Å². The molecule has 1 N–H and O–H groups in total. The Bertz CT molecular complexity index is 1110. The molecule has 152 valence electrons. The molecule has 0 aliphatic rings. The van der Waals surface area contributed by atoms with Gasteiger partial charge in [0, 0.05) is 50.2 Å². The Balaban J connectivity index is 1.76. The van der Waals surface area contributed by atoms with Crippen LogP contribution in [0.1, 0.15) is 27.3 Å². The number of carbonyl (C=O) groups is 1. The Hall–Kier alpha value is -3.06. The third-order valence-corrected chi connectivity index (χ3v) is 5.35. The highest BCUT2D eigenvalue weighted by Crippen LogP contribution is 2.19. The highest BCUT2D eigenvalue weighted by Gasteiger charge is 2.15. The number of aromatic nitrogens is 1. The number of anilines is 2. The summed E-state index contributed by atoms with van der Waals surface area (Å²) in [5.74, 6) is -0.0169. The van der Waals surface area contributed by atoms with Crippen LogP contribution in [-0.2, 0) is 23.5 Å². The summed E-state index contributed by atoms with van der Waals surface area (Å²) in [6.07, 6.45) is 1.76. The van der Waals surface area contributed by atoms with Crippen molar-refractivity contribution in [2.75, 3.05) is 30.0 Å². The minimum absolute atomic E-state index is 0.0169. The van der Waals surface area contributed by atoms with Crippen molar-refractivity contribution >= 4 is 27.2 Å². The van der Waals surface area contributed by atoms with Crippen LogP contribution in [0.2, 0.25) is 0 Å². The van der Waals surface area contributed by atoms with Gasteiger partial charge in [0.25, 0.3) is 0 Å². The van der Waals surface area contributed by atoms with Gasteiger partial charge >= 0.3 is 0 Å². The van der Waals surface area contributed by atoms with Crippen molar-refractivity contribution in [2.45, 2.75) is 6.42 Å². The van der Waals surface area contributed by atoms with Crippen LogP contribution in [0, 0.1) is 0 Å². The molecule has 3 rings (SSSR count). The standard InChI is InChI=1S/C22H25N3O3S/c1-24(2)19-11-7-17(8-12-19)22(26)21-14-13-20(25(21)3)15-16-5-9-18(10-6-16)23-29(4,27)28/h5-14,23H,15H2,1-4H3. The molecule has 3 aromatic rings. The molecule has 0 amide bonds. The maximum atomic E-state index is 12.9. The van der Waals surface area contributed by atoms with Crippen molar-refractivity contribution < 1.29 is 13.2 Å². The number of nitrogens with zero attached hydrogens (tertiary/aromatic N) is 2. The summed E-state index contributed by atoms with van der Waals surface area (Å²) in [5.41, 5.74) is 4.89. The topological polar surface area (TPSA) is 71.4 Å². The van der Waals surface area contributed by atoms with Gasteiger partial charge in [-0.2, -0.15) is 0 Å². The van der Waals surface area contributed by atoms with Gasteiger partial charge in [-0.1, -0.05) is 12.1 Å². The number of benzene rings is 2. The van der Waals surface area contributed by atoms with E-state index in [1.807, 2.05) is 79.1 Å². The van der Waals surface area contributed by atoms with Crippen molar-refractivity contribution in [3.63, 3.8) is 0 Å². The lowest BCUT2D eigenvalue weighted by Gasteiger charge is -2.13. The van der Waals surface area contributed by atoms with Crippen molar-refractivity contribution in [3.8, 4) is 0 Å². The Morgan fingerprint density at radius 2 is 1.59 bits per heavy atom. The molecule has 0 atom stereocenters. The van der Waals surface area contributed by atoms with Crippen LogP contribution >= 0.6 is 0 Å². The zero-order chi connectivity index (χ0) is 21.2. The predicted octanol–water partition coefficient (Wildman–Crippen LogP) is 3.28. The van der Waals surface area contributed by atoms with Gasteiger partial charge in [-0.25, -0.2) is 8.42 Å². The van der Waals surface area contributed by atoms with E-state index >= 15 is 0 Å². The van der Waals surface area contributed by atoms with Gasteiger partial charge in [0.1, 0.15) is 0 Å². The molecule has 0 unspecified atom stereocenters. The monoisotopic (exact) mass is 411 g/mol. The molecular weight excluding hydrogens is 386 g/mol. The maximum absolute atomic E-state index is 12.9. The maximum Gasteiger partial charge on any atom is 0.229 e. The second kappa shape index (κ2) is 8.13. The van der Waals surface area contributed by atoms with E-state index in [4.69, 9.17) is 0 Å². The first-order valence-electron chi connectivity index (χ1n) is 9.17. The molecule has 7 heteroatoms. The Morgan fingerprint density at radius 3 is 2.14 bits per heavy atom. The molecule has 1 aromatic heterocycles. The fourth-order valence-corrected chi connectivity index (χ4v) is 3.70. The summed E-state index contributed by atoms with van der Waals surface area (Å²) in [4.78, 5) is 14.9. The molecule has 6 nitrogen and oxygen atoms in total. The van der Waals surface area contributed by atoms with Gasteiger partial charge in [0.2, 0.25) is 15.8 Å². The molecule has 0 aliphatic heterocycles. The molecule has 0 aliphatic carbocycles. The fourth-order valence-electron chi connectivity index (χ4n) is 3.13. The zero-order valence-corrected chi connectivity index (χ0v) is 17.8. The van der Waals surface area contributed by atoms with Crippen LogP contribution in [0.3, 0.4) is 0 Å². The van der Waals surface area contributed by atoms with Crippen LogP contribution in [0.15, 0.2) is 60.7 Å². The smallest absolute Gasteiger partial charge is 0.229 e. The van der Waals surface area contributed by atoms with E-state index in [2.05, 4.69) is 4.72 Å². The summed E-state index contributed by atoms with van der Waals surface area (Å²) < 4.78 is 27.0. The third kappa shape index (κ3) is 5.06. The first kappa shape index (κ1) is 20.7. The normalized spacial score (nSPS) is 11.3. The molecule has 0 fully saturated rings. The van der Waals surface area contributed by atoms with E-state index < -0.39 is 10.0 Å². The molecule has 1 heterocycles. The Kier molecular flexibility index (Phi) is 5.79. The van der Waals surface area contributed by atoms with E-state index in [-0.39, 0.29) is 5.78 Å². The van der Waals surface area contributed by atoms with E-state index in [0.29, 0.717) is 23.4 Å². The zero-order valence-electron chi connectivity index (χ0n) is 17.0. The summed E-state index contributed by atoms with van der Waals surface area (Å²) >= 11 is 0. The summed E-state index contributed by atoms with van der Waals surface area (Å²) in [5, 5.41) is 0. The molecule has 0 radical (unpaired) electrons. The lowest BCUT2D eigenvalue weighted by atomic mass is 10.1. The number of ketones is 1. The summed E-state index contributed by atoms with van der Waals surface area (Å²) in [6, 6.07) is 18.6. The first-order chi connectivity index (χ1) is 13.6. The van der Waals surface area contributed by atoms with Gasteiger partial charge < -0.3 is 9.47 Å². The number of rotatable bonds is 7. The van der Waals surface area contributed by atoms with Gasteiger partial charge in [-0.3, -0.25) is 9.52 Å². The van der Waals surface area contributed by atoms with E-state index in [0.717, 1.165) is 23.2 Å². The van der Waals surface area contributed by atoms with E-state index in [1.165, 1.54) is 0 Å². The minimum Gasteiger partial charge on any atom is -0.378 e. The van der Waals surface area contributed by atoms with Crippen LogP contribution in [-0.4, -0.2) is 39.1 Å². The molecule has 29 heavy (non-hydrogen) atoms. The largest absolute Gasteiger partial charge is 0.378 e. The number of nitrogens with one attached hydrogen (secondary N) is 1. The van der Waals surface area contributed by atoms with Crippen molar-refractivity contribution in [1.82, 2.24) is 4.57 Å². The van der Waals surface area contributed by atoms with Crippen LogP contribution in [0.4, 0.5) is 11.4 Å². The number of sulfonamides is 1. The molecule has 0 bridgehead atoms. The predicted molar refractivity (Wildman–Crippen MR) is 117 cm³/mol. The van der Waals surface area contributed by atoms with Gasteiger partial charge in [-0.05, 0) is 54.1 Å². The average Bonchev–Trinajstić information content (AvgIpc) is 3.02. The Morgan fingerprint density at radius 1 is 0.966 bits per heavy atom. The lowest BCUT2D eigenvalue weighted by Crippen LogP contribution is -2.11. The highest BCUT2D eigenvalue weighted by molar-refractivity contribution is 7.92. The van der Waals surface area contributed by atoms with Crippen LogP contribution < -0.4 is 9.62 Å². The number of carbonyl (C=O) groups excluding carboxylic acids is 1. The van der Waals surface area contributed by atoms with Crippen LogP contribution in [0.25, 0.3) is 0 Å². The average molecular weight is 412 g/mol. The van der Waals surface area contributed by atoms with Crippen LogP contribution in [0.5, 0.6) is 0 Å². The van der Waals surface area contributed by atoms with Crippen molar-refractivity contribution in [1.29, 1.82) is 0 Å². The molecule has 2 aromatic carbocycles. The van der Waals surface area contributed by atoms with Crippen molar-refractivity contribution in [2.24, 2.45) is 7.05 Å².